The zero-order chi connectivity index (χ0) is 11.6. The number of hydrogen-bond acceptors (Lipinski definition) is 4. The van der Waals surface area contributed by atoms with Gasteiger partial charge in [0.2, 0.25) is 0 Å². The topological polar surface area (TPSA) is 41.1 Å². The van der Waals surface area contributed by atoms with E-state index in [4.69, 9.17) is 11.6 Å². The van der Waals surface area contributed by atoms with E-state index in [9.17, 15) is 0 Å². The SMILES string of the molecule is Cc1c(Cl)nc(C(C)C)nc1NN(C)C. The van der Waals surface area contributed by atoms with Crippen LogP contribution in [0.15, 0.2) is 0 Å². The average molecular weight is 229 g/mol. The number of halogens is 1. The maximum atomic E-state index is 6.04. The second-order valence-corrected chi connectivity index (χ2v) is 4.37. The molecule has 1 rings (SSSR count). The molecule has 0 spiro atoms. The van der Waals surface area contributed by atoms with Crippen LogP contribution < -0.4 is 5.43 Å². The van der Waals surface area contributed by atoms with Crippen molar-refractivity contribution < 1.29 is 0 Å². The number of hydrazine groups is 1. The van der Waals surface area contributed by atoms with Crippen molar-refractivity contribution in [3.63, 3.8) is 0 Å². The van der Waals surface area contributed by atoms with E-state index in [1.54, 1.807) is 0 Å². The fraction of sp³-hybridized carbons (Fsp3) is 0.600. The summed E-state index contributed by atoms with van der Waals surface area (Å²) in [5.41, 5.74) is 3.98. The van der Waals surface area contributed by atoms with Crippen molar-refractivity contribution >= 4 is 17.4 Å². The summed E-state index contributed by atoms with van der Waals surface area (Å²) >= 11 is 6.04. The second kappa shape index (κ2) is 4.77. The standard InChI is InChI=1S/C10H17ClN4/c1-6(2)9-12-8(11)7(3)10(13-9)14-15(4)5/h6H,1-5H3,(H,12,13,14). The van der Waals surface area contributed by atoms with Crippen LogP contribution in [0.1, 0.15) is 31.2 Å². The first-order chi connectivity index (χ1) is 6.91. The molecule has 5 heteroatoms. The lowest BCUT2D eigenvalue weighted by Crippen LogP contribution is -2.22. The molecule has 15 heavy (non-hydrogen) atoms. The summed E-state index contributed by atoms with van der Waals surface area (Å²) < 4.78 is 0. The molecule has 1 aromatic rings. The van der Waals surface area contributed by atoms with Crippen LogP contribution in [0, 0.1) is 6.92 Å². The quantitative estimate of drug-likeness (QED) is 0.638. The first kappa shape index (κ1) is 12.2. The molecule has 0 aromatic carbocycles. The van der Waals surface area contributed by atoms with Gasteiger partial charge in [-0.3, -0.25) is 0 Å². The van der Waals surface area contributed by atoms with E-state index in [0.29, 0.717) is 5.15 Å². The molecule has 0 unspecified atom stereocenters. The Morgan fingerprint density at radius 2 is 1.87 bits per heavy atom. The molecular formula is C10H17ClN4. The van der Waals surface area contributed by atoms with Gasteiger partial charge in [-0.2, -0.15) is 0 Å². The van der Waals surface area contributed by atoms with Gasteiger partial charge >= 0.3 is 0 Å². The Labute approximate surface area is 95.6 Å². The zero-order valence-electron chi connectivity index (χ0n) is 9.80. The highest BCUT2D eigenvalue weighted by molar-refractivity contribution is 6.30. The number of rotatable bonds is 3. The number of hydrogen-bond donors (Lipinski definition) is 1. The predicted octanol–water partition coefficient (Wildman–Crippen LogP) is 2.45. The van der Waals surface area contributed by atoms with Gasteiger partial charge in [-0.1, -0.05) is 25.4 Å². The van der Waals surface area contributed by atoms with Gasteiger partial charge in [0.15, 0.2) is 0 Å². The van der Waals surface area contributed by atoms with Gasteiger partial charge in [-0.15, -0.1) is 0 Å². The third-order valence-corrected chi connectivity index (χ3v) is 2.32. The van der Waals surface area contributed by atoms with Crippen LogP contribution in [0.5, 0.6) is 0 Å². The van der Waals surface area contributed by atoms with Crippen molar-refractivity contribution in [1.29, 1.82) is 0 Å². The van der Waals surface area contributed by atoms with Crippen LogP contribution >= 0.6 is 11.6 Å². The maximum absolute atomic E-state index is 6.04. The average Bonchev–Trinajstić information content (AvgIpc) is 2.11. The molecule has 0 atom stereocenters. The Morgan fingerprint density at radius 3 is 2.33 bits per heavy atom. The van der Waals surface area contributed by atoms with Crippen LogP contribution in [0.25, 0.3) is 0 Å². The van der Waals surface area contributed by atoms with E-state index in [-0.39, 0.29) is 5.92 Å². The maximum Gasteiger partial charge on any atom is 0.148 e. The van der Waals surface area contributed by atoms with Gasteiger partial charge in [-0.25, -0.2) is 15.0 Å². The van der Waals surface area contributed by atoms with Crippen molar-refractivity contribution in [2.45, 2.75) is 26.7 Å². The van der Waals surface area contributed by atoms with Crippen LogP contribution in [0.2, 0.25) is 5.15 Å². The molecule has 0 saturated heterocycles. The Morgan fingerprint density at radius 1 is 1.27 bits per heavy atom. The molecule has 1 heterocycles. The van der Waals surface area contributed by atoms with E-state index in [1.807, 2.05) is 39.9 Å². The summed E-state index contributed by atoms with van der Waals surface area (Å²) in [7, 11) is 3.81. The molecular weight excluding hydrogens is 212 g/mol. The van der Waals surface area contributed by atoms with E-state index >= 15 is 0 Å². The molecule has 0 aliphatic rings. The Hall–Kier alpha value is -0.870. The van der Waals surface area contributed by atoms with E-state index in [2.05, 4.69) is 15.4 Å². The first-order valence-electron chi connectivity index (χ1n) is 4.89. The van der Waals surface area contributed by atoms with E-state index in [0.717, 1.165) is 17.2 Å². The van der Waals surface area contributed by atoms with Crippen LogP contribution in [-0.2, 0) is 0 Å². The molecule has 1 aromatic heterocycles. The fourth-order valence-electron chi connectivity index (χ4n) is 1.08. The molecule has 84 valence electrons. The molecule has 4 nitrogen and oxygen atoms in total. The summed E-state index contributed by atoms with van der Waals surface area (Å²) in [6.07, 6.45) is 0. The summed E-state index contributed by atoms with van der Waals surface area (Å²) in [5.74, 6) is 1.80. The van der Waals surface area contributed by atoms with Crippen molar-refractivity contribution in [3.05, 3.63) is 16.5 Å². The van der Waals surface area contributed by atoms with Crippen molar-refractivity contribution in [2.75, 3.05) is 19.5 Å². The highest BCUT2D eigenvalue weighted by Gasteiger charge is 2.11. The first-order valence-corrected chi connectivity index (χ1v) is 5.27. The molecule has 0 fully saturated rings. The second-order valence-electron chi connectivity index (χ2n) is 4.01. The third-order valence-electron chi connectivity index (χ3n) is 1.95. The Balaban J connectivity index is 3.13. The zero-order valence-corrected chi connectivity index (χ0v) is 10.6. The van der Waals surface area contributed by atoms with Crippen molar-refractivity contribution in [2.24, 2.45) is 0 Å². The highest BCUT2D eigenvalue weighted by Crippen LogP contribution is 2.22. The molecule has 0 radical (unpaired) electrons. The van der Waals surface area contributed by atoms with Crippen LogP contribution in [-0.4, -0.2) is 29.1 Å². The lowest BCUT2D eigenvalue weighted by atomic mass is 10.2. The molecule has 0 saturated carbocycles. The molecule has 0 aliphatic heterocycles. The normalized spacial score (nSPS) is 11.2. The van der Waals surface area contributed by atoms with Gasteiger partial charge in [0, 0.05) is 25.6 Å². The summed E-state index contributed by atoms with van der Waals surface area (Å²) in [4.78, 5) is 8.66. The third kappa shape index (κ3) is 3.04. The Kier molecular flexibility index (Phi) is 3.88. The largest absolute Gasteiger partial charge is 0.303 e. The summed E-state index contributed by atoms with van der Waals surface area (Å²) in [6, 6.07) is 0. The molecule has 0 bridgehead atoms. The minimum absolute atomic E-state index is 0.269. The predicted molar refractivity (Wildman–Crippen MR) is 63.2 cm³/mol. The molecule has 0 amide bonds. The van der Waals surface area contributed by atoms with Gasteiger partial charge in [0.25, 0.3) is 0 Å². The van der Waals surface area contributed by atoms with Crippen LogP contribution in [0.3, 0.4) is 0 Å². The number of nitrogens with one attached hydrogen (secondary N) is 1. The van der Waals surface area contributed by atoms with E-state index in [1.165, 1.54) is 0 Å². The Bertz CT molecular complexity index is 350. The number of aromatic nitrogens is 2. The number of nitrogens with zero attached hydrogens (tertiary/aromatic N) is 3. The monoisotopic (exact) mass is 228 g/mol. The van der Waals surface area contributed by atoms with Crippen molar-refractivity contribution in [3.8, 4) is 0 Å². The summed E-state index contributed by atoms with van der Waals surface area (Å²) in [5, 5.41) is 2.34. The van der Waals surface area contributed by atoms with Gasteiger partial charge in [0.1, 0.15) is 16.8 Å². The number of anilines is 1. The van der Waals surface area contributed by atoms with Crippen molar-refractivity contribution in [1.82, 2.24) is 15.0 Å². The van der Waals surface area contributed by atoms with E-state index < -0.39 is 0 Å². The van der Waals surface area contributed by atoms with Gasteiger partial charge in [-0.05, 0) is 6.92 Å². The minimum Gasteiger partial charge on any atom is -0.303 e. The molecule has 0 aliphatic carbocycles. The highest BCUT2D eigenvalue weighted by atomic mass is 35.5. The van der Waals surface area contributed by atoms with Gasteiger partial charge < -0.3 is 5.43 Å². The van der Waals surface area contributed by atoms with Gasteiger partial charge in [0.05, 0.1) is 0 Å². The lowest BCUT2D eigenvalue weighted by molar-refractivity contribution is 0.490. The molecule has 1 N–H and O–H groups in total. The lowest BCUT2D eigenvalue weighted by Gasteiger charge is -2.16. The summed E-state index contributed by atoms with van der Waals surface area (Å²) in [6.45, 7) is 5.99. The smallest absolute Gasteiger partial charge is 0.148 e. The fourth-order valence-corrected chi connectivity index (χ4v) is 1.26. The van der Waals surface area contributed by atoms with Crippen LogP contribution in [0.4, 0.5) is 5.82 Å². The minimum atomic E-state index is 0.269.